The molecule has 2 heterocycles. The molecule has 0 saturated heterocycles. The van der Waals surface area contributed by atoms with E-state index in [9.17, 15) is 13.6 Å². The quantitative estimate of drug-likeness (QED) is 0.508. The first-order valence-electron chi connectivity index (χ1n) is 9.97. The van der Waals surface area contributed by atoms with E-state index in [0.717, 1.165) is 47.7 Å². The van der Waals surface area contributed by atoms with Gasteiger partial charge in [0.25, 0.3) is 0 Å². The monoisotopic (exact) mass is 407 g/mol. The van der Waals surface area contributed by atoms with Gasteiger partial charge in [0.05, 0.1) is 12.4 Å². The topological polar surface area (TPSA) is 39.2 Å². The third-order valence-electron chi connectivity index (χ3n) is 5.60. The van der Waals surface area contributed by atoms with Gasteiger partial charge in [0.15, 0.2) is 5.78 Å². The fraction of sp³-hybridized carbons (Fsp3) is 0.280. The molecule has 0 unspecified atom stereocenters. The maximum absolute atomic E-state index is 13.8. The Bertz CT molecular complexity index is 1100. The molecule has 0 amide bonds. The molecule has 154 valence electrons. The van der Waals surface area contributed by atoms with Gasteiger partial charge in [-0.2, -0.15) is 0 Å². The van der Waals surface area contributed by atoms with E-state index in [0.29, 0.717) is 5.56 Å². The lowest BCUT2D eigenvalue weighted by Gasteiger charge is -2.33. The Hall–Kier alpha value is -3.08. The van der Waals surface area contributed by atoms with Crippen molar-refractivity contribution < 1.29 is 18.3 Å². The van der Waals surface area contributed by atoms with Crippen molar-refractivity contribution in [3.05, 3.63) is 82.7 Å². The van der Waals surface area contributed by atoms with E-state index in [1.807, 2.05) is 12.1 Å². The number of carbonyl (C=O) groups is 1. The molecule has 0 aliphatic carbocycles. The Kier molecular flexibility index (Phi) is 5.14. The molecule has 0 bridgehead atoms. The number of halogens is 2. The first-order chi connectivity index (χ1) is 14.2. The lowest BCUT2D eigenvalue weighted by molar-refractivity contribution is 0.0847. The first kappa shape index (κ1) is 20.2. The van der Waals surface area contributed by atoms with E-state index in [-0.39, 0.29) is 23.4 Å². The largest absolute Gasteiger partial charge is 0.488 e. The van der Waals surface area contributed by atoms with Gasteiger partial charge in [-0.05, 0) is 61.9 Å². The number of fused-ring (bicyclic) bond motifs is 1. The molecule has 0 fully saturated rings. The van der Waals surface area contributed by atoms with Crippen LogP contribution in [0, 0.1) is 18.6 Å². The summed E-state index contributed by atoms with van der Waals surface area (Å²) in [7, 11) is 0. The van der Waals surface area contributed by atoms with Gasteiger partial charge in [-0.1, -0.05) is 30.3 Å². The minimum atomic E-state index is -0.812. The second-order valence-electron chi connectivity index (χ2n) is 8.40. The van der Waals surface area contributed by atoms with Crippen LogP contribution >= 0.6 is 0 Å². The molecule has 0 radical (unpaired) electrons. The van der Waals surface area contributed by atoms with Crippen molar-refractivity contribution in [1.82, 2.24) is 4.98 Å². The molecular formula is C25H23F2NO2. The third kappa shape index (κ3) is 3.97. The molecule has 4 rings (SSSR count). The van der Waals surface area contributed by atoms with Crippen LogP contribution in [0.1, 0.15) is 47.3 Å². The van der Waals surface area contributed by atoms with Crippen LogP contribution < -0.4 is 4.74 Å². The van der Waals surface area contributed by atoms with Crippen molar-refractivity contribution in [3.8, 4) is 16.9 Å². The maximum atomic E-state index is 13.8. The van der Waals surface area contributed by atoms with Gasteiger partial charge in [0, 0.05) is 17.5 Å². The van der Waals surface area contributed by atoms with Crippen molar-refractivity contribution in [2.45, 2.75) is 45.6 Å². The van der Waals surface area contributed by atoms with Crippen LogP contribution in [0.15, 0.2) is 48.8 Å². The van der Waals surface area contributed by atoms with E-state index in [2.05, 4.69) is 37.9 Å². The summed E-state index contributed by atoms with van der Waals surface area (Å²) in [6, 6.07) is 11.3. The summed E-state index contributed by atoms with van der Waals surface area (Å²) in [5, 5.41) is 0. The summed E-state index contributed by atoms with van der Waals surface area (Å²) in [4.78, 5) is 16.0. The SMILES string of the molecule is Cc1cc2c(cc1-c1ccc(C(=O)Cc3c(F)cncc3F)cc1)OC(C)(C)CC2. The molecule has 3 nitrogen and oxygen atoms in total. The fourth-order valence-corrected chi connectivity index (χ4v) is 3.84. The number of ether oxygens (including phenoxy) is 1. The van der Waals surface area contributed by atoms with Crippen LogP contribution in [0.3, 0.4) is 0 Å². The number of ketones is 1. The van der Waals surface area contributed by atoms with Crippen molar-refractivity contribution in [2.75, 3.05) is 0 Å². The minimum absolute atomic E-state index is 0.187. The summed E-state index contributed by atoms with van der Waals surface area (Å²) in [5.41, 5.74) is 4.30. The molecule has 5 heteroatoms. The average molecular weight is 407 g/mol. The molecular weight excluding hydrogens is 384 g/mol. The van der Waals surface area contributed by atoms with E-state index < -0.39 is 11.6 Å². The second-order valence-corrected chi connectivity index (χ2v) is 8.40. The van der Waals surface area contributed by atoms with Gasteiger partial charge in [-0.3, -0.25) is 9.78 Å². The van der Waals surface area contributed by atoms with Gasteiger partial charge < -0.3 is 4.74 Å². The van der Waals surface area contributed by atoms with E-state index in [4.69, 9.17) is 4.74 Å². The molecule has 0 N–H and O–H groups in total. The predicted molar refractivity (Wildman–Crippen MR) is 112 cm³/mol. The standard InChI is InChI=1S/C25H23F2NO2/c1-15-10-18-8-9-25(2,3)30-24(18)12-19(15)16-4-6-17(7-5-16)23(29)11-20-21(26)13-28-14-22(20)27/h4-7,10,12-14H,8-9,11H2,1-3H3. The molecule has 2 aromatic carbocycles. The predicted octanol–water partition coefficient (Wildman–Crippen LogP) is 5.86. The molecule has 0 atom stereocenters. The van der Waals surface area contributed by atoms with Crippen LogP contribution in [0.2, 0.25) is 0 Å². The van der Waals surface area contributed by atoms with E-state index in [1.165, 1.54) is 5.56 Å². The third-order valence-corrected chi connectivity index (χ3v) is 5.60. The Morgan fingerprint density at radius 3 is 2.43 bits per heavy atom. The zero-order chi connectivity index (χ0) is 21.5. The maximum Gasteiger partial charge on any atom is 0.167 e. The number of rotatable bonds is 4. The van der Waals surface area contributed by atoms with Gasteiger partial charge >= 0.3 is 0 Å². The number of benzene rings is 2. The molecule has 0 spiro atoms. The van der Waals surface area contributed by atoms with Crippen molar-refractivity contribution >= 4 is 5.78 Å². The van der Waals surface area contributed by atoms with Crippen LogP contribution in [-0.2, 0) is 12.8 Å². The molecule has 1 aliphatic rings. The highest BCUT2D eigenvalue weighted by atomic mass is 19.1. The van der Waals surface area contributed by atoms with Gasteiger partial charge in [0.1, 0.15) is 23.0 Å². The highest BCUT2D eigenvalue weighted by molar-refractivity contribution is 5.98. The molecule has 0 saturated carbocycles. The summed E-state index contributed by atoms with van der Waals surface area (Å²) in [5.74, 6) is -1.08. The normalized spacial score (nSPS) is 14.7. The smallest absolute Gasteiger partial charge is 0.167 e. The number of hydrogen-bond acceptors (Lipinski definition) is 3. The van der Waals surface area contributed by atoms with Crippen LogP contribution in [-0.4, -0.2) is 16.4 Å². The number of aromatic nitrogens is 1. The Morgan fingerprint density at radius 1 is 1.10 bits per heavy atom. The number of aryl methyl sites for hydroxylation is 2. The van der Waals surface area contributed by atoms with Gasteiger partial charge in [-0.25, -0.2) is 8.78 Å². The molecule has 1 aromatic heterocycles. The Balaban J connectivity index is 1.59. The van der Waals surface area contributed by atoms with Gasteiger partial charge in [-0.15, -0.1) is 0 Å². The zero-order valence-electron chi connectivity index (χ0n) is 17.3. The highest BCUT2D eigenvalue weighted by Gasteiger charge is 2.27. The first-order valence-corrected chi connectivity index (χ1v) is 9.97. The number of nitrogens with zero attached hydrogens (tertiary/aromatic N) is 1. The zero-order valence-corrected chi connectivity index (χ0v) is 17.3. The number of pyridine rings is 1. The second kappa shape index (κ2) is 7.63. The van der Waals surface area contributed by atoms with Gasteiger partial charge in [0.2, 0.25) is 0 Å². The summed E-state index contributed by atoms with van der Waals surface area (Å²) >= 11 is 0. The lowest BCUT2D eigenvalue weighted by Crippen LogP contribution is -2.32. The molecule has 1 aliphatic heterocycles. The highest BCUT2D eigenvalue weighted by Crippen LogP contribution is 2.38. The lowest BCUT2D eigenvalue weighted by atomic mass is 9.90. The fourth-order valence-electron chi connectivity index (χ4n) is 3.84. The molecule has 3 aromatic rings. The Morgan fingerprint density at radius 2 is 1.77 bits per heavy atom. The van der Waals surface area contributed by atoms with E-state index in [1.54, 1.807) is 12.1 Å². The average Bonchev–Trinajstić information content (AvgIpc) is 2.70. The van der Waals surface area contributed by atoms with Crippen LogP contribution in [0.25, 0.3) is 11.1 Å². The number of carbonyl (C=O) groups excluding carboxylic acids is 1. The van der Waals surface area contributed by atoms with Crippen LogP contribution in [0.5, 0.6) is 5.75 Å². The van der Waals surface area contributed by atoms with Crippen molar-refractivity contribution in [2.24, 2.45) is 0 Å². The number of hydrogen-bond donors (Lipinski definition) is 0. The van der Waals surface area contributed by atoms with E-state index >= 15 is 0 Å². The molecule has 30 heavy (non-hydrogen) atoms. The van der Waals surface area contributed by atoms with Crippen molar-refractivity contribution in [3.63, 3.8) is 0 Å². The number of Topliss-reactive ketones (excluding diaryl/α,β-unsaturated/α-hetero) is 1. The summed E-state index contributed by atoms with van der Waals surface area (Å²) < 4.78 is 33.7. The Labute approximate surface area is 174 Å². The van der Waals surface area contributed by atoms with Crippen molar-refractivity contribution in [1.29, 1.82) is 0 Å². The summed E-state index contributed by atoms with van der Waals surface area (Å²) in [6.07, 6.45) is 3.45. The summed E-state index contributed by atoms with van der Waals surface area (Å²) in [6.45, 7) is 6.23. The minimum Gasteiger partial charge on any atom is -0.488 e. The van der Waals surface area contributed by atoms with Crippen LogP contribution in [0.4, 0.5) is 8.78 Å².